The molecule has 0 spiro atoms. The van der Waals surface area contributed by atoms with Crippen molar-refractivity contribution in [1.29, 1.82) is 0 Å². The lowest BCUT2D eigenvalue weighted by Gasteiger charge is -2.35. The van der Waals surface area contributed by atoms with Crippen LogP contribution in [0.4, 0.5) is 5.69 Å². The summed E-state index contributed by atoms with van der Waals surface area (Å²) in [5.41, 5.74) is 2.36. The Morgan fingerprint density at radius 3 is 2.46 bits per heavy atom. The molecule has 0 aliphatic carbocycles. The van der Waals surface area contributed by atoms with Gasteiger partial charge in [0.15, 0.2) is 0 Å². The average molecular weight is 382 g/mol. The van der Waals surface area contributed by atoms with Crippen molar-refractivity contribution < 1.29 is 9.59 Å². The Hall–Kier alpha value is -1.59. The number of benzene rings is 1. The number of rotatable bonds is 6. The van der Waals surface area contributed by atoms with Crippen LogP contribution in [0.2, 0.25) is 0 Å². The molecular formula is C20H32ClN3O2. The summed E-state index contributed by atoms with van der Waals surface area (Å²) in [7, 11) is 1.87. The number of nitrogens with one attached hydrogen (secondary N) is 2. The number of hydrogen-bond acceptors (Lipinski definition) is 3. The lowest BCUT2D eigenvalue weighted by molar-refractivity contribution is -0.116. The summed E-state index contributed by atoms with van der Waals surface area (Å²) in [5, 5.41) is 5.98. The highest BCUT2D eigenvalue weighted by molar-refractivity contribution is 5.97. The first-order valence-electron chi connectivity index (χ1n) is 9.25. The third kappa shape index (κ3) is 6.29. The smallest absolute Gasteiger partial charge is 0.253 e. The Labute approximate surface area is 163 Å². The van der Waals surface area contributed by atoms with Crippen LogP contribution >= 0.6 is 12.4 Å². The van der Waals surface area contributed by atoms with Crippen molar-refractivity contribution in [2.24, 2.45) is 11.8 Å². The number of piperidine rings is 1. The van der Waals surface area contributed by atoms with Gasteiger partial charge in [-0.2, -0.15) is 0 Å². The van der Waals surface area contributed by atoms with Gasteiger partial charge in [0.2, 0.25) is 5.91 Å². The van der Waals surface area contributed by atoms with Crippen LogP contribution < -0.4 is 10.6 Å². The van der Waals surface area contributed by atoms with E-state index in [1.165, 1.54) is 6.42 Å². The molecule has 0 aromatic heterocycles. The fourth-order valence-electron chi connectivity index (χ4n) is 3.54. The summed E-state index contributed by atoms with van der Waals surface area (Å²) in [6, 6.07) is 5.59. The maximum absolute atomic E-state index is 12.9. The second-order valence-corrected chi connectivity index (χ2v) is 7.44. The molecule has 6 heteroatoms. The van der Waals surface area contributed by atoms with E-state index in [1.807, 2.05) is 37.1 Å². The van der Waals surface area contributed by atoms with Gasteiger partial charge in [-0.25, -0.2) is 0 Å². The van der Waals surface area contributed by atoms with Gasteiger partial charge in [0.1, 0.15) is 0 Å². The van der Waals surface area contributed by atoms with E-state index in [-0.39, 0.29) is 24.2 Å². The minimum atomic E-state index is -0.0110. The number of amides is 2. The number of likely N-dealkylation sites (tertiary alicyclic amines) is 1. The molecule has 1 aliphatic heterocycles. The number of halogens is 1. The van der Waals surface area contributed by atoms with E-state index in [9.17, 15) is 9.59 Å². The molecule has 146 valence electrons. The van der Waals surface area contributed by atoms with E-state index in [1.54, 1.807) is 0 Å². The van der Waals surface area contributed by atoms with Crippen LogP contribution in [0.25, 0.3) is 0 Å². The highest BCUT2D eigenvalue weighted by Crippen LogP contribution is 2.24. The Morgan fingerprint density at radius 2 is 1.85 bits per heavy atom. The maximum Gasteiger partial charge on any atom is 0.253 e. The molecule has 0 bridgehead atoms. The van der Waals surface area contributed by atoms with E-state index >= 15 is 0 Å². The molecule has 1 saturated heterocycles. The number of carbonyl (C=O) groups excluding carboxylic acids is 2. The van der Waals surface area contributed by atoms with Gasteiger partial charge in [0.25, 0.3) is 5.91 Å². The average Bonchev–Trinajstić information content (AvgIpc) is 2.55. The zero-order valence-corrected chi connectivity index (χ0v) is 17.1. The molecule has 2 amide bonds. The van der Waals surface area contributed by atoms with Crippen LogP contribution in [0.15, 0.2) is 18.2 Å². The number of anilines is 1. The third-order valence-electron chi connectivity index (χ3n) is 4.75. The summed E-state index contributed by atoms with van der Waals surface area (Å²) < 4.78 is 0. The molecule has 2 N–H and O–H groups in total. The molecule has 1 aromatic rings. The number of carbonyl (C=O) groups is 2. The van der Waals surface area contributed by atoms with E-state index in [4.69, 9.17) is 0 Å². The van der Waals surface area contributed by atoms with Crippen molar-refractivity contribution in [2.45, 2.75) is 40.0 Å². The highest BCUT2D eigenvalue weighted by Gasteiger charge is 2.26. The zero-order valence-electron chi connectivity index (χ0n) is 16.3. The standard InChI is InChI=1S/C20H31N3O2.ClH/c1-14-10-15(2)13-23(12-14)20(25)17-8-7-16(3)18(11-17)22-19(24)6-5-9-21-4;/h7-8,11,14-15,21H,5-6,9-10,12-13H2,1-4H3,(H,22,24);1H. The van der Waals surface area contributed by atoms with E-state index < -0.39 is 0 Å². The topological polar surface area (TPSA) is 61.4 Å². The quantitative estimate of drug-likeness (QED) is 0.741. The molecule has 0 saturated carbocycles. The van der Waals surface area contributed by atoms with Gasteiger partial charge >= 0.3 is 0 Å². The lowest BCUT2D eigenvalue weighted by atomic mass is 9.91. The van der Waals surface area contributed by atoms with Crippen molar-refractivity contribution in [1.82, 2.24) is 10.2 Å². The minimum absolute atomic E-state index is 0. The molecule has 2 unspecified atom stereocenters. The molecule has 0 radical (unpaired) electrons. The molecule has 1 heterocycles. The number of aryl methyl sites for hydroxylation is 1. The molecule has 5 nitrogen and oxygen atoms in total. The zero-order chi connectivity index (χ0) is 18.4. The van der Waals surface area contributed by atoms with Gasteiger partial charge in [0, 0.05) is 30.8 Å². The van der Waals surface area contributed by atoms with Gasteiger partial charge in [-0.1, -0.05) is 19.9 Å². The molecular weight excluding hydrogens is 350 g/mol. The van der Waals surface area contributed by atoms with Crippen molar-refractivity contribution in [3.63, 3.8) is 0 Å². The van der Waals surface area contributed by atoms with Crippen molar-refractivity contribution >= 4 is 29.9 Å². The Bertz CT molecular complexity index is 611. The maximum atomic E-state index is 12.9. The SMILES string of the molecule is CNCCCC(=O)Nc1cc(C(=O)N2CC(C)CC(C)C2)ccc1C.Cl. The molecule has 1 fully saturated rings. The monoisotopic (exact) mass is 381 g/mol. The van der Waals surface area contributed by atoms with Crippen LogP contribution in [0, 0.1) is 18.8 Å². The van der Waals surface area contributed by atoms with Crippen LogP contribution in [0.1, 0.15) is 49.0 Å². The fourth-order valence-corrected chi connectivity index (χ4v) is 3.54. The molecule has 1 aromatic carbocycles. The van der Waals surface area contributed by atoms with Crippen molar-refractivity contribution in [3.8, 4) is 0 Å². The number of hydrogen-bond donors (Lipinski definition) is 2. The normalized spacial score (nSPS) is 19.6. The van der Waals surface area contributed by atoms with Gasteiger partial charge < -0.3 is 15.5 Å². The minimum Gasteiger partial charge on any atom is -0.338 e. The van der Waals surface area contributed by atoms with Gasteiger partial charge in [-0.05, 0) is 62.9 Å². The Kier molecular flexibility index (Phi) is 9.09. The molecule has 26 heavy (non-hydrogen) atoms. The summed E-state index contributed by atoms with van der Waals surface area (Å²) in [6.45, 7) is 8.77. The lowest BCUT2D eigenvalue weighted by Crippen LogP contribution is -2.42. The molecule has 2 atom stereocenters. The van der Waals surface area contributed by atoms with Crippen LogP contribution in [0.3, 0.4) is 0 Å². The molecule has 1 aliphatic rings. The van der Waals surface area contributed by atoms with Crippen LogP contribution in [-0.2, 0) is 4.79 Å². The van der Waals surface area contributed by atoms with E-state index in [2.05, 4.69) is 24.5 Å². The second-order valence-electron chi connectivity index (χ2n) is 7.44. The molecule has 2 rings (SSSR count). The first-order chi connectivity index (χ1) is 11.9. The van der Waals surface area contributed by atoms with Gasteiger partial charge in [-0.15, -0.1) is 12.4 Å². The van der Waals surface area contributed by atoms with E-state index in [0.29, 0.717) is 23.8 Å². The van der Waals surface area contributed by atoms with Crippen molar-refractivity contribution in [2.75, 3.05) is 32.0 Å². The third-order valence-corrected chi connectivity index (χ3v) is 4.75. The number of nitrogens with zero attached hydrogens (tertiary/aromatic N) is 1. The second kappa shape index (κ2) is 10.5. The van der Waals surface area contributed by atoms with Gasteiger partial charge in [-0.3, -0.25) is 9.59 Å². The summed E-state index contributed by atoms with van der Waals surface area (Å²) in [6.07, 6.45) is 2.44. The fraction of sp³-hybridized carbons (Fsp3) is 0.600. The Morgan fingerprint density at radius 1 is 1.19 bits per heavy atom. The predicted octanol–water partition coefficient (Wildman–Crippen LogP) is 3.47. The largest absolute Gasteiger partial charge is 0.338 e. The summed E-state index contributed by atoms with van der Waals surface area (Å²) >= 11 is 0. The highest BCUT2D eigenvalue weighted by atomic mass is 35.5. The van der Waals surface area contributed by atoms with Crippen LogP contribution in [0.5, 0.6) is 0 Å². The predicted molar refractivity (Wildman–Crippen MR) is 109 cm³/mol. The summed E-state index contributed by atoms with van der Waals surface area (Å²) in [4.78, 5) is 26.9. The van der Waals surface area contributed by atoms with Crippen LogP contribution in [-0.4, -0.2) is 43.4 Å². The van der Waals surface area contributed by atoms with Crippen molar-refractivity contribution in [3.05, 3.63) is 29.3 Å². The van der Waals surface area contributed by atoms with Gasteiger partial charge in [0.05, 0.1) is 0 Å². The summed E-state index contributed by atoms with van der Waals surface area (Å²) in [5.74, 6) is 1.11. The Balaban J connectivity index is 0.00000338. The van der Waals surface area contributed by atoms with E-state index in [0.717, 1.165) is 37.3 Å². The first-order valence-corrected chi connectivity index (χ1v) is 9.25. The first kappa shape index (κ1) is 22.5.